The van der Waals surface area contributed by atoms with E-state index >= 15 is 0 Å². The molecule has 0 radical (unpaired) electrons. The minimum absolute atomic E-state index is 0.575. The van der Waals surface area contributed by atoms with Gasteiger partial charge >= 0.3 is 0 Å². The Balaban J connectivity index is 2.26. The number of aromatic nitrogens is 1. The summed E-state index contributed by atoms with van der Waals surface area (Å²) in [7, 11) is 3.22. The molecule has 0 saturated heterocycles. The summed E-state index contributed by atoms with van der Waals surface area (Å²) in [4.78, 5) is 4.25. The maximum absolute atomic E-state index is 5.25. The van der Waals surface area contributed by atoms with Crippen molar-refractivity contribution in [1.29, 1.82) is 0 Å². The summed E-state index contributed by atoms with van der Waals surface area (Å²) >= 11 is 1.69. The van der Waals surface area contributed by atoms with E-state index in [-0.39, 0.29) is 0 Å². The number of hydrogen-bond acceptors (Lipinski definition) is 4. The predicted molar refractivity (Wildman–Crippen MR) is 64.5 cm³/mol. The van der Waals surface area contributed by atoms with Crippen LogP contribution in [-0.4, -0.2) is 19.2 Å². The topological polar surface area (TPSA) is 31.4 Å². The largest absolute Gasteiger partial charge is 0.481 e. The van der Waals surface area contributed by atoms with Crippen LogP contribution in [0.25, 0.3) is 0 Å². The van der Waals surface area contributed by atoms with Crippen LogP contribution < -0.4 is 9.47 Å². The van der Waals surface area contributed by atoms with Crippen molar-refractivity contribution in [3.63, 3.8) is 0 Å². The van der Waals surface area contributed by atoms with Crippen LogP contribution in [0.15, 0.2) is 29.0 Å². The first-order valence-electron chi connectivity index (χ1n) is 4.92. The maximum Gasteiger partial charge on any atom is 0.219 e. The van der Waals surface area contributed by atoms with Gasteiger partial charge in [-0.2, -0.15) is 16.3 Å². The molecule has 0 aliphatic carbocycles. The van der Waals surface area contributed by atoms with Gasteiger partial charge < -0.3 is 9.47 Å². The monoisotopic (exact) mass is 235 g/mol. The molecule has 0 aliphatic heterocycles. The highest BCUT2D eigenvalue weighted by Crippen LogP contribution is 2.23. The number of rotatable bonds is 4. The molecule has 0 saturated carbocycles. The minimum Gasteiger partial charge on any atom is -0.481 e. The molecule has 16 heavy (non-hydrogen) atoms. The van der Waals surface area contributed by atoms with E-state index < -0.39 is 0 Å². The fraction of sp³-hybridized carbons (Fsp3) is 0.250. The Morgan fingerprint density at radius 3 is 2.69 bits per heavy atom. The molecule has 0 aliphatic rings. The Labute approximate surface area is 98.7 Å². The molecule has 2 rings (SSSR count). The third-order valence-corrected chi connectivity index (χ3v) is 3.02. The van der Waals surface area contributed by atoms with Crippen LogP contribution in [0.3, 0.4) is 0 Å². The zero-order chi connectivity index (χ0) is 11.4. The van der Waals surface area contributed by atoms with Crippen LogP contribution in [0.5, 0.6) is 11.8 Å². The lowest BCUT2D eigenvalue weighted by molar-refractivity contribution is 0.362. The van der Waals surface area contributed by atoms with E-state index in [1.54, 1.807) is 25.6 Å². The molecule has 4 heteroatoms. The number of nitrogens with zero attached hydrogens (tertiary/aromatic N) is 1. The van der Waals surface area contributed by atoms with Gasteiger partial charge in [0.05, 0.1) is 14.2 Å². The Hall–Kier alpha value is -1.55. The van der Waals surface area contributed by atoms with Crippen molar-refractivity contribution in [3.8, 4) is 11.8 Å². The summed E-state index contributed by atoms with van der Waals surface area (Å²) < 4.78 is 10.3. The van der Waals surface area contributed by atoms with E-state index in [9.17, 15) is 0 Å². The molecule has 2 aromatic heterocycles. The third-order valence-electron chi connectivity index (χ3n) is 2.29. The van der Waals surface area contributed by atoms with Gasteiger partial charge in [0.15, 0.2) is 0 Å². The van der Waals surface area contributed by atoms with Crippen LogP contribution in [-0.2, 0) is 6.42 Å². The second-order valence-electron chi connectivity index (χ2n) is 3.33. The van der Waals surface area contributed by atoms with Crippen molar-refractivity contribution in [2.24, 2.45) is 0 Å². The van der Waals surface area contributed by atoms with Gasteiger partial charge in [-0.25, -0.2) is 0 Å². The molecule has 0 aromatic carbocycles. The highest BCUT2D eigenvalue weighted by Gasteiger charge is 2.07. The third kappa shape index (κ3) is 2.33. The SMILES string of the molecule is COc1ccc(Cc2ccsc2)c(OC)n1. The van der Waals surface area contributed by atoms with Gasteiger partial charge in [-0.15, -0.1) is 0 Å². The van der Waals surface area contributed by atoms with E-state index in [0.29, 0.717) is 11.8 Å². The van der Waals surface area contributed by atoms with Crippen LogP contribution in [0.4, 0.5) is 0 Å². The highest BCUT2D eigenvalue weighted by molar-refractivity contribution is 7.07. The Bertz CT molecular complexity index is 454. The van der Waals surface area contributed by atoms with Crippen molar-refractivity contribution in [3.05, 3.63) is 40.1 Å². The summed E-state index contributed by atoms with van der Waals surface area (Å²) in [5.74, 6) is 1.21. The highest BCUT2D eigenvalue weighted by atomic mass is 32.1. The lowest BCUT2D eigenvalue weighted by Crippen LogP contribution is -1.97. The predicted octanol–water partition coefficient (Wildman–Crippen LogP) is 2.75. The summed E-state index contributed by atoms with van der Waals surface area (Å²) in [6, 6.07) is 5.95. The van der Waals surface area contributed by atoms with Crippen molar-refractivity contribution in [2.75, 3.05) is 14.2 Å². The fourth-order valence-electron chi connectivity index (χ4n) is 1.49. The summed E-state index contributed by atoms with van der Waals surface area (Å²) in [5.41, 5.74) is 2.34. The summed E-state index contributed by atoms with van der Waals surface area (Å²) in [6.45, 7) is 0. The summed E-state index contributed by atoms with van der Waals surface area (Å²) in [5, 5.41) is 4.20. The lowest BCUT2D eigenvalue weighted by Gasteiger charge is -2.08. The molecule has 0 spiro atoms. The molecule has 0 N–H and O–H groups in total. The molecule has 0 bridgehead atoms. The van der Waals surface area contributed by atoms with E-state index in [4.69, 9.17) is 9.47 Å². The van der Waals surface area contributed by atoms with Crippen LogP contribution in [0.2, 0.25) is 0 Å². The standard InChI is InChI=1S/C12H13NO2S/c1-14-11-4-3-10(12(13-11)15-2)7-9-5-6-16-8-9/h3-6,8H,7H2,1-2H3. The molecule has 2 aromatic rings. The number of methoxy groups -OCH3 is 2. The quantitative estimate of drug-likeness (QED) is 0.816. The van der Waals surface area contributed by atoms with Crippen molar-refractivity contribution >= 4 is 11.3 Å². The Morgan fingerprint density at radius 2 is 2.06 bits per heavy atom. The van der Waals surface area contributed by atoms with E-state index in [2.05, 4.69) is 21.8 Å². The van der Waals surface area contributed by atoms with E-state index in [1.165, 1.54) is 5.56 Å². The van der Waals surface area contributed by atoms with Gasteiger partial charge in [0.25, 0.3) is 0 Å². The first-order valence-corrected chi connectivity index (χ1v) is 5.86. The van der Waals surface area contributed by atoms with Gasteiger partial charge in [0.2, 0.25) is 11.8 Å². The average molecular weight is 235 g/mol. The van der Waals surface area contributed by atoms with Crippen LogP contribution >= 0.6 is 11.3 Å². The fourth-order valence-corrected chi connectivity index (χ4v) is 2.16. The van der Waals surface area contributed by atoms with Crippen LogP contribution in [0.1, 0.15) is 11.1 Å². The van der Waals surface area contributed by atoms with E-state index in [1.807, 2.05) is 12.1 Å². The van der Waals surface area contributed by atoms with Crippen LogP contribution in [0, 0.1) is 0 Å². The van der Waals surface area contributed by atoms with Crippen molar-refractivity contribution in [1.82, 2.24) is 4.98 Å². The molecule has 2 heterocycles. The zero-order valence-corrected chi connectivity index (χ0v) is 10.1. The molecule has 0 atom stereocenters. The first kappa shape index (κ1) is 11.0. The van der Waals surface area contributed by atoms with Gasteiger partial charge in [-0.3, -0.25) is 0 Å². The number of hydrogen-bond donors (Lipinski definition) is 0. The van der Waals surface area contributed by atoms with Gasteiger partial charge in [0, 0.05) is 18.1 Å². The van der Waals surface area contributed by atoms with E-state index in [0.717, 1.165) is 12.0 Å². The smallest absolute Gasteiger partial charge is 0.219 e. The molecule has 84 valence electrons. The van der Waals surface area contributed by atoms with Crippen molar-refractivity contribution < 1.29 is 9.47 Å². The first-order chi connectivity index (χ1) is 7.83. The van der Waals surface area contributed by atoms with Gasteiger partial charge in [-0.1, -0.05) is 0 Å². The zero-order valence-electron chi connectivity index (χ0n) is 9.27. The Kier molecular flexibility index (Phi) is 3.41. The minimum atomic E-state index is 0.575. The Morgan fingerprint density at radius 1 is 1.19 bits per heavy atom. The molecule has 0 fully saturated rings. The number of ether oxygens (including phenoxy) is 2. The maximum atomic E-state index is 5.25. The summed E-state index contributed by atoms with van der Waals surface area (Å²) in [6.07, 6.45) is 0.837. The second kappa shape index (κ2) is 4.99. The molecule has 0 unspecified atom stereocenters. The second-order valence-corrected chi connectivity index (χ2v) is 4.11. The molecular formula is C12H13NO2S. The normalized spacial score (nSPS) is 10.1. The van der Waals surface area contributed by atoms with Crippen molar-refractivity contribution in [2.45, 2.75) is 6.42 Å². The molecule has 0 amide bonds. The molecule has 3 nitrogen and oxygen atoms in total. The average Bonchev–Trinajstić information content (AvgIpc) is 2.82. The number of thiophene rings is 1. The lowest BCUT2D eigenvalue weighted by atomic mass is 10.1. The molecular weight excluding hydrogens is 222 g/mol. The van der Waals surface area contributed by atoms with Gasteiger partial charge in [-0.05, 0) is 28.5 Å². The number of pyridine rings is 1. The van der Waals surface area contributed by atoms with Gasteiger partial charge in [0.1, 0.15) is 0 Å².